The van der Waals surface area contributed by atoms with Gasteiger partial charge in [0.2, 0.25) is 0 Å². The molecule has 0 atom stereocenters. The third-order valence-electron chi connectivity index (χ3n) is 3.61. The van der Waals surface area contributed by atoms with E-state index in [2.05, 4.69) is 10.2 Å². The van der Waals surface area contributed by atoms with E-state index in [0.29, 0.717) is 22.5 Å². The molecule has 2 nitrogen and oxygen atoms in total. The number of hydrogen-bond donors (Lipinski definition) is 1. The van der Waals surface area contributed by atoms with E-state index in [1.54, 1.807) is 6.07 Å². The molecule has 0 spiro atoms. The number of aromatic nitrogens is 2. The molecule has 0 aliphatic carbocycles. The number of hydrogen-bond acceptors (Lipinski definition) is 1. The quantitative estimate of drug-likeness (QED) is 0.579. The van der Waals surface area contributed by atoms with E-state index < -0.39 is 23.5 Å². The van der Waals surface area contributed by atoms with Crippen LogP contribution in [0, 0.1) is 0 Å². The fourth-order valence-corrected chi connectivity index (χ4v) is 2.29. The van der Waals surface area contributed by atoms with Gasteiger partial charge in [0.25, 0.3) is 0 Å². The second-order valence-electron chi connectivity index (χ2n) is 5.32. The number of nitrogens with zero attached hydrogens (tertiary/aromatic N) is 1. The molecular weight excluding hydrogens is 346 g/mol. The fourth-order valence-electron chi connectivity index (χ4n) is 2.29. The van der Waals surface area contributed by atoms with Crippen LogP contribution in [0.15, 0.2) is 54.6 Å². The molecule has 1 aromatic heterocycles. The van der Waals surface area contributed by atoms with E-state index in [-0.39, 0.29) is 0 Å². The summed E-state index contributed by atoms with van der Waals surface area (Å²) in [5.74, 6) is 0. The molecule has 130 valence electrons. The Morgan fingerprint density at radius 2 is 1.08 bits per heavy atom. The average molecular weight is 356 g/mol. The third kappa shape index (κ3) is 3.67. The van der Waals surface area contributed by atoms with E-state index >= 15 is 0 Å². The van der Waals surface area contributed by atoms with Gasteiger partial charge in [-0.05, 0) is 35.9 Å². The van der Waals surface area contributed by atoms with E-state index in [1.807, 2.05) is 0 Å². The molecule has 25 heavy (non-hydrogen) atoms. The zero-order valence-corrected chi connectivity index (χ0v) is 12.4. The molecule has 0 aliphatic heterocycles. The predicted octanol–water partition coefficient (Wildman–Crippen LogP) is 5.78. The maximum Gasteiger partial charge on any atom is 0.416 e. The van der Waals surface area contributed by atoms with Crippen molar-refractivity contribution in [3.05, 3.63) is 65.7 Å². The summed E-state index contributed by atoms with van der Waals surface area (Å²) in [5.41, 5.74) is 0.266. The highest BCUT2D eigenvalue weighted by Gasteiger charge is 2.30. The molecule has 1 heterocycles. The second-order valence-corrected chi connectivity index (χ2v) is 5.32. The molecule has 0 aliphatic rings. The van der Waals surface area contributed by atoms with Crippen LogP contribution in [-0.2, 0) is 12.4 Å². The molecule has 0 bridgehead atoms. The summed E-state index contributed by atoms with van der Waals surface area (Å²) in [4.78, 5) is 0. The standard InChI is InChI=1S/C17H10F6N2/c18-16(19,20)12-5-1-10(2-6-12)14-9-15(25-24-14)11-3-7-13(8-4-11)17(21,22)23/h1-9H,(H,24,25). The highest BCUT2D eigenvalue weighted by atomic mass is 19.4. The SMILES string of the molecule is FC(F)(F)c1ccc(-c2cc(-c3ccc(C(F)(F)F)cc3)[nH]n2)cc1. The fraction of sp³-hybridized carbons (Fsp3) is 0.118. The van der Waals surface area contributed by atoms with Crippen molar-refractivity contribution in [3.8, 4) is 22.5 Å². The smallest absolute Gasteiger partial charge is 0.277 e. The number of alkyl halides is 6. The summed E-state index contributed by atoms with van der Waals surface area (Å²) < 4.78 is 75.4. The van der Waals surface area contributed by atoms with Crippen LogP contribution in [0.2, 0.25) is 0 Å². The van der Waals surface area contributed by atoms with Crippen LogP contribution in [0.3, 0.4) is 0 Å². The van der Waals surface area contributed by atoms with Gasteiger partial charge < -0.3 is 0 Å². The number of nitrogens with one attached hydrogen (secondary N) is 1. The van der Waals surface area contributed by atoms with Crippen molar-refractivity contribution in [3.63, 3.8) is 0 Å². The second kappa shape index (κ2) is 5.94. The monoisotopic (exact) mass is 356 g/mol. The van der Waals surface area contributed by atoms with Crippen molar-refractivity contribution in [1.29, 1.82) is 0 Å². The summed E-state index contributed by atoms with van der Waals surface area (Å²) in [7, 11) is 0. The largest absolute Gasteiger partial charge is 0.416 e. The number of H-pyrrole nitrogens is 1. The van der Waals surface area contributed by atoms with E-state index in [0.717, 1.165) is 24.3 Å². The van der Waals surface area contributed by atoms with E-state index in [9.17, 15) is 26.3 Å². The first-order valence-corrected chi connectivity index (χ1v) is 7.05. The minimum absolute atomic E-state index is 0.392. The molecule has 0 amide bonds. The minimum atomic E-state index is -4.42. The summed E-state index contributed by atoms with van der Waals surface area (Å²) in [5, 5.41) is 6.67. The molecule has 1 N–H and O–H groups in total. The summed E-state index contributed by atoms with van der Waals surface area (Å²) >= 11 is 0. The Bertz CT molecular complexity index is 786. The normalized spacial score (nSPS) is 12.4. The van der Waals surface area contributed by atoms with Crippen molar-refractivity contribution in [2.24, 2.45) is 0 Å². The molecule has 0 saturated carbocycles. The Morgan fingerprint density at radius 3 is 1.52 bits per heavy atom. The van der Waals surface area contributed by atoms with Gasteiger partial charge in [-0.2, -0.15) is 31.4 Å². The lowest BCUT2D eigenvalue weighted by Gasteiger charge is -2.06. The Balaban J connectivity index is 1.85. The third-order valence-corrected chi connectivity index (χ3v) is 3.61. The molecule has 8 heteroatoms. The van der Waals surface area contributed by atoms with Gasteiger partial charge in [0.05, 0.1) is 22.5 Å². The van der Waals surface area contributed by atoms with Crippen molar-refractivity contribution in [2.75, 3.05) is 0 Å². The average Bonchev–Trinajstić information content (AvgIpc) is 3.03. The highest BCUT2D eigenvalue weighted by Crippen LogP contribution is 2.33. The maximum absolute atomic E-state index is 12.6. The number of halogens is 6. The van der Waals surface area contributed by atoms with Crippen molar-refractivity contribution in [1.82, 2.24) is 10.2 Å². The zero-order chi connectivity index (χ0) is 18.2. The molecule has 0 radical (unpaired) electrons. The Hall–Kier alpha value is -2.77. The topological polar surface area (TPSA) is 28.7 Å². The molecular formula is C17H10F6N2. The summed E-state index contributed by atoms with van der Waals surface area (Å²) in [6.45, 7) is 0. The van der Waals surface area contributed by atoms with Crippen LogP contribution < -0.4 is 0 Å². The highest BCUT2D eigenvalue weighted by molar-refractivity contribution is 5.68. The van der Waals surface area contributed by atoms with Gasteiger partial charge in [-0.1, -0.05) is 24.3 Å². The van der Waals surface area contributed by atoms with Crippen LogP contribution >= 0.6 is 0 Å². The van der Waals surface area contributed by atoms with Crippen molar-refractivity contribution < 1.29 is 26.3 Å². The van der Waals surface area contributed by atoms with Crippen LogP contribution in [-0.4, -0.2) is 10.2 Å². The lowest BCUT2D eigenvalue weighted by atomic mass is 10.1. The Labute approximate surface area is 138 Å². The molecule has 3 aromatic rings. The van der Waals surface area contributed by atoms with Crippen molar-refractivity contribution >= 4 is 0 Å². The minimum Gasteiger partial charge on any atom is -0.277 e. The van der Waals surface area contributed by atoms with Crippen molar-refractivity contribution in [2.45, 2.75) is 12.4 Å². The van der Waals surface area contributed by atoms with Gasteiger partial charge in [0, 0.05) is 5.56 Å². The lowest BCUT2D eigenvalue weighted by Crippen LogP contribution is -2.04. The first kappa shape index (κ1) is 17.1. The summed E-state index contributed by atoms with van der Waals surface area (Å²) in [6.07, 6.45) is -8.84. The van der Waals surface area contributed by atoms with Gasteiger partial charge in [0.15, 0.2) is 0 Å². The van der Waals surface area contributed by atoms with Crippen LogP contribution in [0.4, 0.5) is 26.3 Å². The lowest BCUT2D eigenvalue weighted by molar-refractivity contribution is -0.138. The molecule has 3 rings (SSSR count). The van der Waals surface area contributed by atoms with Gasteiger partial charge in [-0.3, -0.25) is 5.10 Å². The van der Waals surface area contributed by atoms with Gasteiger partial charge in [0.1, 0.15) is 0 Å². The van der Waals surface area contributed by atoms with E-state index in [1.165, 1.54) is 24.3 Å². The zero-order valence-electron chi connectivity index (χ0n) is 12.4. The molecule has 0 saturated heterocycles. The van der Waals surface area contributed by atoms with E-state index in [4.69, 9.17) is 0 Å². The van der Waals surface area contributed by atoms with Gasteiger partial charge >= 0.3 is 12.4 Å². The van der Waals surface area contributed by atoms with Gasteiger partial charge in [-0.15, -0.1) is 0 Å². The predicted molar refractivity (Wildman–Crippen MR) is 79.5 cm³/mol. The maximum atomic E-state index is 12.6. The molecule has 2 aromatic carbocycles. The molecule has 0 unspecified atom stereocenters. The Kier molecular flexibility index (Phi) is 4.06. The Morgan fingerprint density at radius 1 is 0.640 bits per heavy atom. The van der Waals surface area contributed by atoms with Crippen LogP contribution in [0.5, 0.6) is 0 Å². The first-order valence-electron chi connectivity index (χ1n) is 7.05. The first-order chi connectivity index (χ1) is 11.6. The van der Waals surface area contributed by atoms with Gasteiger partial charge in [-0.25, -0.2) is 0 Å². The number of benzene rings is 2. The number of aromatic amines is 1. The van der Waals surface area contributed by atoms with Crippen LogP contribution in [0.25, 0.3) is 22.5 Å². The number of rotatable bonds is 2. The molecule has 0 fully saturated rings. The summed E-state index contributed by atoms with van der Waals surface area (Å²) in [6, 6.07) is 10.5. The van der Waals surface area contributed by atoms with Crippen LogP contribution in [0.1, 0.15) is 11.1 Å².